The van der Waals surface area contributed by atoms with E-state index < -0.39 is 11.7 Å². The minimum absolute atomic E-state index is 0.173. The fourth-order valence-corrected chi connectivity index (χ4v) is 5.75. The number of hydrogen-bond acceptors (Lipinski definition) is 5. The summed E-state index contributed by atoms with van der Waals surface area (Å²) in [6.45, 7) is 0.474. The Morgan fingerprint density at radius 2 is 1.89 bits per heavy atom. The van der Waals surface area contributed by atoms with Crippen molar-refractivity contribution in [1.82, 2.24) is 0 Å². The molecule has 2 unspecified atom stereocenters. The number of nitrogens with zero attached hydrogens (tertiary/aromatic N) is 2. The van der Waals surface area contributed by atoms with Crippen molar-refractivity contribution >= 4 is 23.2 Å². The molecule has 0 bridgehead atoms. The topological polar surface area (TPSA) is 88.1 Å². The summed E-state index contributed by atoms with van der Waals surface area (Å²) in [7, 11) is 1.46. The lowest BCUT2D eigenvalue weighted by Gasteiger charge is -2.30. The maximum Gasteiger partial charge on any atom is 0.258 e. The van der Waals surface area contributed by atoms with Gasteiger partial charge in [-0.15, -0.1) is 0 Å². The summed E-state index contributed by atoms with van der Waals surface area (Å²) in [6, 6.07) is 17.8. The van der Waals surface area contributed by atoms with E-state index >= 15 is 0 Å². The molecule has 2 amide bonds. The number of halogens is 1. The van der Waals surface area contributed by atoms with Gasteiger partial charge < -0.3 is 15.0 Å². The summed E-state index contributed by atoms with van der Waals surface area (Å²) in [5, 5.41) is 6.19. The molecule has 7 nitrogen and oxygen atoms in total. The van der Waals surface area contributed by atoms with E-state index in [1.807, 2.05) is 24.3 Å². The largest absolute Gasteiger partial charge is 0.495 e. The number of hydrogen-bond donors (Lipinski definition) is 1. The zero-order valence-electron chi connectivity index (χ0n) is 20.6. The molecule has 5 rings (SSSR count). The molecule has 190 valence electrons. The van der Waals surface area contributed by atoms with Gasteiger partial charge >= 0.3 is 0 Å². The van der Waals surface area contributed by atoms with E-state index in [0.717, 1.165) is 43.0 Å². The number of anilines is 2. The van der Waals surface area contributed by atoms with Crippen LogP contribution >= 0.6 is 0 Å². The smallest absolute Gasteiger partial charge is 0.258 e. The molecule has 1 aliphatic carbocycles. The van der Waals surface area contributed by atoms with Crippen molar-refractivity contribution in [3.63, 3.8) is 0 Å². The molecule has 0 radical (unpaired) electrons. The van der Waals surface area contributed by atoms with Gasteiger partial charge in [0.05, 0.1) is 18.8 Å². The fourth-order valence-electron chi connectivity index (χ4n) is 5.75. The predicted octanol–water partition coefficient (Wildman–Crippen LogP) is 5.98. The van der Waals surface area contributed by atoms with Crippen LogP contribution in [-0.4, -0.2) is 31.5 Å². The summed E-state index contributed by atoms with van der Waals surface area (Å²) < 4.78 is 19.0. The number of benzene rings is 3. The van der Waals surface area contributed by atoms with Gasteiger partial charge in [-0.25, -0.2) is 4.39 Å². The first-order chi connectivity index (χ1) is 17.9. The lowest BCUT2D eigenvalue weighted by Crippen LogP contribution is -2.36. The number of para-hydroxylation sites is 1. The summed E-state index contributed by atoms with van der Waals surface area (Å²) in [5.41, 5.74) is 2.60. The van der Waals surface area contributed by atoms with Crippen LogP contribution in [0.4, 0.5) is 15.8 Å². The minimum atomic E-state index is -0.507. The molecule has 1 aliphatic heterocycles. The minimum Gasteiger partial charge on any atom is -0.495 e. The van der Waals surface area contributed by atoms with E-state index in [9.17, 15) is 18.9 Å². The highest BCUT2D eigenvalue weighted by Gasteiger charge is 2.46. The van der Waals surface area contributed by atoms with Gasteiger partial charge in [-0.3, -0.25) is 9.59 Å². The van der Waals surface area contributed by atoms with Gasteiger partial charge in [0.1, 0.15) is 11.6 Å². The van der Waals surface area contributed by atoms with Gasteiger partial charge in [-0.1, -0.05) is 35.9 Å². The third-order valence-corrected chi connectivity index (χ3v) is 7.67. The number of fused-ring (bicyclic) bond motifs is 1. The molecule has 1 heterocycles. The summed E-state index contributed by atoms with van der Waals surface area (Å²) >= 11 is 0. The van der Waals surface area contributed by atoms with Gasteiger partial charge in [-0.2, -0.15) is 4.91 Å². The van der Waals surface area contributed by atoms with Crippen LogP contribution < -0.4 is 15.0 Å². The van der Waals surface area contributed by atoms with Crippen LogP contribution in [0.5, 0.6) is 5.75 Å². The van der Waals surface area contributed by atoms with Crippen LogP contribution in [0.2, 0.25) is 0 Å². The molecular weight excluding hydrogens is 473 g/mol. The monoisotopic (exact) mass is 501 g/mol. The van der Waals surface area contributed by atoms with Gasteiger partial charge in [0.25, 0.3) is 11.8 Å². The van der Waals surface area contributed by atoms with Crippen molar-refractivity contribution in [2.24, 2.45) is 10.6 Å². The Hall–Kier alpha value is -4.07. The number of carbonyl (C=O) groups excluding carboxylic acids is 2. The van der Waals surface area contributed by atoms with E-state index in [1.54, 1.807) is 23.1 Å². The van der Waals surface area contributed by atoms with Crippen molar-refractivity contribution in [3.05, 3.63) is 94.1 Å². The van der Waals surface area contributed by atoms with Crippen molar-refractivity contribution < 1.29 is 18.7 Å². The summed E-state index contributed by atoms with van der Waals surface area (Å²) in [5.74, 6) is -0.873. The first-order valence-corrected chi connectivity index (χ1v) is 12.4. The molecule has 0 saturated heterocycles. The number of methoxy groups -OCH3 is 1. The quantitative estimate of drug-likeness (QED) is 0.435. The summed E-state index contributed by atoms with van der Waals surface area (Å²) in [4.78, 5) is 39.8. The van der Waals surface area contributed by atoms with Crippen LogP contribution in [0.3, 0.4) is 0 Å². The maximum atomic E-state index is 13.8. The summed E-state index contributed by atoms with van der Waals surface area (Å²) in [6.07, 6.45) is 4.10. The maximum absolute atomic E-state index is 13.8. The second kappa shape index (κ2) is 10.1. The predicted molar refractivity (Wildman–Crippen MR) is 140 cm³/mol. The molecule has 1 saturated carbocycles. The molecule has 8 heteroatoms. The van der Waals surface area contributed by atoms with Crippen LogP contribution in [0.15, 0.2) is 71.9 Å². The van der Waals surface area contributed by atoms with Gasteiger partial charge in [0.15, 0.2) is 0 Å². The van der Waals surface area contributed by atoms with E-state index in [4.69, 9.17) is 4.74 Å². The van der Waals surface area contributed by atoms with E-state index in [2.05, 4.69) is 10.5 Å². The second-order valence-corrected chi connectivity index (χ2v) is 9.77. The molecule has 1 spiro atoms. The molecule has 1 N–H and O–H groups in total. The lowest BCUT2D eigenvalue weighted by molar-refractivity contribution is 0.0982. The molecule has 0 aromatic heterocycles. The third kappa shape index (κ3) is 4.71. The number of carbonyl (C=O) groups is 2. The molecule has 3 aromatic carbocycles. The number of amides is 2. The molecular formula is C29H28FN3O4. The normalized spacial score (nSPS) is 20.7. The van der Waals surface area contributed by atoms with Crippen molar-refractivity contribution in [2.45, 2.75) is 38.1 Å². The third-order valence-electron chi connectivity index (χ3n) is 7.67. The second-order valence-electron chi connectivity index (χ2n) is 9.77. The number of nitroso groups, excluding NO2 is 1. The number of ether oxygens (including phenoxy) is 1. The Labute approximate surface area is 214 Å². The first kappa shape index (κ1) is 24.6. The molecule has 3 aromatic rings. The first-order valence-electron chi connectivity index (χ1n) is 12.4. The molecule has 2 atom stereocenters. The molecule has 37 heavy (non-hydrogen) atoms. The van der Waals surface area contributed by atoms with Crippen LogP contribution in [0, 0.1) is 16.1 Å². The fraction of sp³-hybridized carbons (Fsp3) is 0.310. The Morgan fingerprint density at radius 1 is 1.05 bits per heavy atom. The van der Waals surface area contributed by atoms with Crippen molar-refractivity contribution in [1.29, 1.82) is 0 Å². The highest BCUT2D eigenvalue weighted by molar-refractivity contribution is 6.08. The number of nitrogens with one attached hydrogen (secondary N) is 1. The lowest BCUT2D eigenvalue weighted by atomic mass is 9.75. The Balaban J connectivity index is 1.42. The number of rotatable bonds is 5. The standard InChI is InChI=1S/C29H28FN3O4/c1-37-25-17-20(11-12-23(25)31-27(34)19-7-4-8-22(30)16-19)28(35)33-15-14-29(13-5-10-26(29)32-36)18-21-6-2-3-9-24(21)33/h2-4,6-9,11-12,16-17,26H,5,10,13-15,18H2,1H3,(H,31,34). The Kier molecular flexibility index (Phi) is 6.74. The highest BCUT2D eigenvalue weighted by atomic mass is 19.1. The van der Waals surface area contributed by atoms with E-state index in [-0.39, 0.29) is 22.9 Å². The van der Waals surface area contributed by atoms with Gasteiger partial charge in [0, 0.05) is 28.8 Å². The van der Waals surface area contributed by atoms with Crippen LogP contribution in [0.1, 0.15) is 52.0 Å². The molecule has 1 fully saturated rings. The van der Waals surface area contributed by atoms with E-state index in [1.165, 1.54) is 25.3 Å². The zero-order chi connectivity index (χ0) is 26.0. The van der Waals surface area contributed by atoms with Crippen LogP contribution in [0.25, 0.3) is 0 Å². The Morgan fingerprint density at radius 3 is 2.68 bits per heavy atom. The van der Waals surface area contributed by atoms with Crippen molar-refractivity contribution in [2.75, 3.05) is 23.9 Å². The SMILES string of the molecule is COc1cc(C(=O)N2CCC3(CCCC3N=O)Cc3ccccc32)ccc1NC(=O)c1cccc(F)c1. The van der Waals surface area contributed by atoms with Crippen LogP contribution in [-0.2, 0) is 6.42 Å². The zero-order valence-corrected chi connectivity index (χ0v) is 20.6. The average molecular weight is 502 g/mol. The Bertz CT molecular complexity index is 1360. The van der Waals surface area contributed by atoms with Crippen molar-refractivity contribution in [3.8, 4) is 5.75 Å². The highest BCUT2D eigenvalue weighted by Crippen LogP contribution is 2.49. The van der Waals surface area contributed by atoms with E-state index in [0.29, 0.717) is 30.0 Å². The van der Waals surface area contributed by atoms with Gasteiger partial charge in [-0.05, 0) is 73.7 Å². The van der Waals surface area contributed by atoms with Gasteiger partial charge in [0.2, 0.25) is 0 Å². The average Bonchev–Trinajstić information content (AvgIpc) is 3.23. The molecule has 2 aliphatic rings.